The monoisotopic (exact) mass is 448 g/mol. The number of nitrogens with one attached hydrogen (secondary N) is 3. The van der Waals surface area contributed by atoms with E-state index in [-0.39, 0.29) is 11.2 Å². The highest BCUT2D eigenvalue weighted by atomic mass is 32.2. The van der Waals surface area contributed by atoms with E-state index < -0.39 is 10.0 Å². The van der Waals surface area contributed by atoms with Gasteiger partial charge in [-0.25, -0.2) is 13.1 Å². The molecule has 3 rings (SSSR count). The van der Waals surface area contributed by atoms with Gasteiger partial charge in [0, 0.05) is 30.4 Å². The summed E-state index contributed by atoms with van der Waals surface area (Å²) in [6.45, 7) is 1.45. The number of guanidine groups is 1. The molecule has 0 unspecified atom stereocenters. The van der Waals surface area contributed by atoms with Crippen LogP contribution < -0.4 is 15.4 Å². The maximum atomic E-state index is 11.8. The summed E-state index contributed by atoms with van der Waals surface area (Å²) >= 11 is 1.85. The number of nitrogens with zero attached hydrogens (tertiary/aromatic N) is 1. The molecule has 0 atom stereocenters. The van der Waals surface area contributed by atoms with Crippen molar-refractivity contribution in [3.63, 3.8) is 0 Å². The molecule has 0 spiro atoms. The Labute approximate surface area is 184 Å². The van der Waals surface area contributed by atoms with Gasteiger partial charge in [-0.05, 0) is 42.5 Å². The van der Waals surface area contributed by atoms with Crippen molar-refractivity contribution in [3.8, 4) is 0 Å². The van der Waals surface area contributed by atoms with Crippen molar-refractivity contribution in [1.82, 2.24) is 15.4 Å². The van der Waals surface area contributed by atoms with Gasteiger partial charge in [0.1, 0.15) is 0 Å². The first kappa shape index (κ1) is 22.8. The number of rotatable bonds is 8. The summed E-state index contributed by atoms with van der Waals surface area (Å²) in [4.78, 5) is 5.85. The van der Waals surface area contributed by atoms with Crippen molar-refractivity contribution in [2.75, 3.05) is 20.6 Å². The van der Waals surface area contributed by atoms with Crippen LogP contribution in [-0.2, 0) is 27.7 Å². The van der Waals surface area contributed by atoms with E-state index in [2.05, 4.69) is 37.9 Å². The predicted octanol–water partition coefficient (Wildman–Crippen LogP) is 3.36. The van der Waals surface area contributed by atoms with Crippen LogP contribution in [0.2, 0.25) is 0 Å². The summed E-state index contributed by atoms with van der Waals surface area (Å²) in [5.41, 5.74) is 1.98. The van der Waals surface area contributed by atoms with Crippen molar-refractivity contribution in [2.45, 2.75) is 49.8 Å². The highest BCUT2D eigenvalue weighted by Crippen LogP contribution is 2.41. The van der Waals surface area contributed by atoms with E-state index in [0.717, 1.165) is 23.6 Å². The van der Waals surface area contributed by atoms with Crippen LogP contribution in [0.5, 0.6) is 0 Å². The average molecular weight is 449 g/mol. The second kappa shape index (κ2) is 10.4. The van der Waals surface area contributed by atoms with Crippen LogP contribution in [0.3, 0.4) is 0 Å². The SMILES string of the molecule is CN=C(NCc1cccc(CS(=O)(=O)NC)c1)NCC1(c2cccs2)CCCCC1. The largest absolute Gasteiger partial charge is 0.355 e. The molecule has 0 saturated heterocycles. The van der Waals surface area contributed by atoms with Gasteiger partial charge in [-0.15, -0.1) is 11.3 Å². The quantitative estimate of drug-likeness (QED) is 0.427. The van der Waals surface area contributed by atoms with Crippen LogP contribution in [0.4, 0.5) is 0 Å². The van der Waals surface area contributed by atoms with Crippen LogP contribution in [0, 0.1) is 0 Å². The van der Waals surface area contributed by atoms with E-state index in [0.29, 0.717) is 6.54 Å². The van der Waals surface area contributed by atoms with Gasteiger partial charge in [0.25, 0.3) is 0 Å². The minimum Gasteiger partial charge on any atom is -0.355 e. The molecule has 0 amide bonds. The third-order valence-corrected chi connectivity index (χ3v) is 8.24. The zero-order chi connectivity index (χ0) is 21.5. The smallest absolute Gasteiger partial charge is 0.215 e. The molecule has 1 aromatic heterocycles. The molecule has 2 aromatic rings. The maximum Gasteiger partial charge on any atom is 0.215 e. The second-order valence-electron chi connectivity index (χ2n) is 7.88. The van der Waals surface area contributed by atoms with Gasteiger partial charge in [0.05, 0.1) is 5.75 Å². The molecule has 8 heteroatoms. The lowest BCUT2D eigenvalue weighted by Gasteiger charge is -2.37. The number of aliphatic imine (C=N–C) groups is 1. The molecular formula is C22H32N4O2S2. The lowest BCUT2D eigenvalue weighted by Crippen LogP contribution is -2.46. The molecule has 0 aliphatic heterocycles. The molecule has 0 bridgehead atoms. The summed E-state index contributed by atoms with van der Waals surface area (Å²) in [7, 11) is -0.0624. The van der Waals surface area contributed by atoms with E-state index in [1.54, 1.807) is 7.05 Å². The Hall–Kier alpha value is -1.90. The van der Waals surface area contributed by atoms with Gasteiger partial charge >= 0.3 is 0 Å². The molecule has 3 N–H and O–H groups in total. The summed E-state index contributed by atoms with van der Waals surface area (Å²) in [5.74, 6) is 0.748. The van der Waals surface area contributed by atoms with Crippen molar-refractivity contribution in [2.24, 2.45) is 4.99 Å². The number of thiophene rings is 1. The summed E-state index contributed by atoms with van der Waals surface area (Å²) in [6.07, 6.45) is 6.28. The second-order valence-corrected chi connectivity index (χ2v) is 10.8. The molecule has 0 radical (unpaired) electrons. The van der Waals surface area contributed by atoms with Crippen molar-refractivity contribution in [3.05, 3.63) is 57.8 Å². The summed E-state index contributed by atoms with van der Waals surface area (Å²) in [5, 5.41) is 9.08. The first-order chi connectivity index (χ1) is 14.5. The van der Waals surface area contributed by atoms with Crippen molar-refractivity contribution < 1.29 is 8.42 Å². The molecular weight excluding hydrogens is 416 g/mol. The number of benzene rings is 1. The third kappa shape index (κ3) is 6.06. The number of hydrogen-bond acceptors (Lipinski definition) is 4. The fraction of sp³-hybridized carbons (Fsp3) is 0.500. The molecule has 1 aliphatic rings. The fourth-order valence-corrected chi connectivity index (χ4v) is 5.85. The van der Waals surface area contributed by atoms with E-state index in [1.807, 2.05) is 35.6 Å². The first-order valence-corrected chi connectivity index (χ1v) is 13.0. The third-order valence-electron chi connectivity index (χ3n) is 5.79. The predicted molar refractivity (Wildman–Crippen MR) is 125 cm³/mol. The highest BCUT2D eigenvalue weighted by molar-refractivity contribution is 7.88. The zero-order valence-corrected chi connectivity index (χ0v) is 19.4. The molecule has 1 aliphatic carbocycles. The van der Waals surface area contributed by atoms with Gasteiger partial charge < -0.3 is 10.6 Å². The van der Waals surface area contributed by atoms with Crippen LogP contribution in [0.1, 0.15) is 48.1 Å². The number of hydrogen-bond donors (Lipinski definition) is 3. The van der Waals surface area contributed by atoms with Crippen molar-refractivity contribution >= 4 is 27.3 Å². The molecule has 1 aromatic carbocycles. The first-order valence-electron chi connectivity index (χ1n) is 10.4. The molecule has 6 nitrogen and oxygen atoms in total. The molecule has 30 heavy (non-hydrogen) atoms. The average Bonchev–Trinajstić information content (AvgIpc) is 3.30. The Morgan fingerprint density at radius 2 is 1.87 bits per heavy atom. The highest BCUT2D eigenvalue weighted by Gasteiger charge is 2.34. The lowest BCUT2D eigenvalue weighted by molar-refractivity contribution is 0.296. The molecule has 1 saturated carbocycles. The Bertz CT molecular complexity index is 934. The Kier molecular flexibility index (Phi) is 7.91. The topological polar surface area (TPSA) is 82.6 Å². The van der Waals surface area contributed by atoms with Gasteiger partial charge in [-0.1, -0.05) is 49.6 Å². The van der Waals surface area contributed by atoms with Gasteiger partial charge in [-0.3, -0.25) is 4.99 Å². The standard InChI is InChI=1S/C22H32N4O2S2/c1-23-21(25-15-18-8-6-9-19(14-18)16-30(27,28)24-2)26-17-22(11-4-3-5-12-22)20-10-7-13-29-20/h6-10,13-14,24H,3-5,11-12,15-17H2,1-2H3,(H2,23,25,26). The van der Waals surface area contributed by atoms with Crippen LogP contribution >= 0.6 is 11.3 Å². The molecule has 1 heterocycles. The Morgan fingerprint density at radius 3 is 2.53 bits per heavy atom. The van der Waals surface area contributed by atoms with Gasteiger partial charge in [-0.2, -0.15) is 0 Å². The van der Waals surface area contributed by atoms with E-state index >= 15 is 0 Å². The molecule has 164 valence electrons. The fourth-order valence-electron chi connectivity index (χ4n) is 4.10. The normalized spacial score (nSPS) is 16.9. The van der Waals surface area contributed by atoms with Crippen LogP contribution in [0.25, 0.3) is 0 Å². The molecule has 1 fully saturated rings. The maximum absolute atomic E-state index is 11.8. The minimum absolute atomic E-state index is 0.0202. The van der Waals surface area contributed by atoms with Crippen LogP contribution in [0.15, 0.2) is 46.8 Å². The van der Waals surface area contributed by atoms with Crippen LogP contribution in [-0.4, -0.2) is 35.0 Å². The Balaban J connectivity index is 1.60. The van der Waals surface area contributed by atoms with Gasteiger partial charge in [0.15, 0.2) is 5.96 Å². The zero-order valence-electron chi connectivity index (χ0n) is 17.8. The van der Waals surface area contributed by atoms with E-state index in [1.165, 1.54) is 44.0 Å². The van der Waals surface area contributed by atoms with Gasteiger partial charge in [0.2, 0.25) is 10.0 Å². The van der Waals surface area contributed by atoms with E-state index in [9.17, 15) is 8.42 Å². The minimum atomic E-state index is -3.28. The summed E-state index contributed by atoms with van der Waals surface area (Å²) in [6, 6.07) is 12.0. The van der Waals surface area contributed by atoms with E-state index in [4.69, 9.17) is 0 Å². The summed E-state index contributed by atoms with van der Waals surface area (Å²) < 4.78 is 26.0. The lowest BCUT2D eigenvalue weighted by atomic mass is 9.73. The Morgan fingerprint density at radius 1 is 1.10 bits per heavy atom. The van der Waals surface area contributed by atoms with Crippen molar-refractivity contribution in [1.29, 1.82) is 0 Å². The number of sulfonamides is 1.